The van der Waals surface area contributed by atoms with Crippen LogP contribution in [-0.2, 0) is 11.2 Å². The lowest BCUT2D eigenvalue weighted by Gasteiger charge is -2.04. The normalized spacial score (nSPS) is 12.1. The molecule has 5 heteroatoms. The number of H-pyrrole nitrogens is 1. The number of fused-ring (bicyclic) bond motifs is 1. The molecule has 4 nitrogen and oxygen atoms in total. The number of nitrogens with one attached hydrogen (secondary N) is 1. The first kappa shape index (κ1) is 12.5. The molecule has 4 N–H and O–H groups in total. The quantitative estimate of drug-likeness (QED) is 0.639. The highest BCUT2D eigenvalue weighted by Crippen LogP contribution is 2.18. The predicted octanol–water partition coefficient (Wildman–Crippen LogP) is -0.329. The van der Waals surface area contributed by atoms with E-state index in [1.54, 1.807) is 0 Å². The van der Waals surface area contributed by atoms with Gasteiger partial charge in [-0.15, -0.1) is 0 Å². The summed E-state index contributed by atoms with van der Waals surface area (Å²) in [6, 6.07) is 6.91. The molecule has 2 rings (SSSR count). The SMILES string of the molecule is NC(Cc1c[nH]c2ccccc12)C(=O)O.[SiH4]. The number of carbonyl (C=O) groups is 1. The van der Waals surface area contributed by atoms with E-state index in [0.29, 0.717) is 6.42 Å². The smallest absolute Gasteiger partial charge is 0.320 e. The van der Waals surface area contributed by atoms with Crippen LogP contribution in [0.25, 0.3) is 10.9 Å². The van der Waals surface area contributed by atoms with E-state index in [-0.39, 0.29) is 11.0 Å². The van der Waals surface area contributed by atoms with Gasteiger partial charge in [0.1, 0.15) is 6.04 Å². The monoisotopic (exact) mass is 236 g/mol. The van der Waals surface area contributed by atoms with Crippen molar-refractivity contribution >= 4 is 27.8 Å². The minimum absolute atomic E-state index is 0. The number of carboxylic acid groups (broad SMARTS) is 1. The van der Waals surface area contributed by atoms with Crippen molar-refractivity contribution in [3.8, 4) is 0 Å². The Hall–Kier alpha value is -1.59. The second-order valence-corrected chi connectivity index (χ2v) is 3.51. The summed E-state index contributed by atoms with van der Waals surface area (Å²) in [4.78, 5) is 13.7. The van der Waals surface area contributed by atoms with E-state index in [9.17, 15) is 4.79 Å². The minimum atomic E-state index is -0.972. The van der Waals surface area contributed by atoms with Crippen molar-refractivity contribution in [3.63, 3.8) is 0 Å². The first-order valence-electron chi connectivity index (χ1n) is 4.72. The Morgan fingerprint density at radius 1 is 1.44 bits per heavy atom. The summed E-state index contributed by atoms with van der Waals surface area (Å²) in [5, 5.41) is 9.75. The van der Waals surface area contributed by atoms with Gasteiger partial charge in [-0.3, -0.25) is 4.79 Å². The van der Waals surface area contributed by atoms with Gasteiger partial charge >= 0.3 is 5.97 Å². The summed E-state index contributed by atoms with van der Waals surface area (Å²) in [5.74, 6) is -0.972. The van der Waals surface area contributed by atoms with E-state index in [4.69, 9.17) is 10.8 Å². The van der Waals surface area contributed by atoms with Crippen LogP contribution in [0.2, 0.25) is 0 Å². The molecule has 1 heterocycles. The van der Waals surface area contributed by atoms with Crippen LogP contribution in [0.3, 0.4) is 0 Å². The molecule has 0 saturated heterocycles. The molecule has 0 spiro atoms. The van der Waals surface area contributed by atoms with Crippen LogP contribution < -0.4 is 5.73 Å². The molecule has 0 saturated carbocycles. The number of benzene rings is 1. The summed E-state index contributed by atoms with van der Waals surface area (Å²) in [6.45, 7) is 0. The van der Waals surface area contributed by atoms with Gasteiger partial charge in [-0.05, 0) is 22.6 Å². The van der Waals surface area contributed by atoms with Gasteiger partial charge in [0.15, 0.2) is 0 Å². The lowest BCUT2D eigenvalue weighted by Crippen LogP contribution is -2.32. The zero-order valence-corrected chi connectivity index (χ0v) is 8.10. The molecule has 0 fully saturated rings. The van der Waals surface area contributed by atoms with Crippen molar-refractivity contribution in [1.29, 1.82) is 0 Å². The molecule has 1 aromatic heterocycles. The maximum atomic E-state index is 10.6. The fraction of sp³-hybridized carbons (Fsp3) is 0.182. The molecule has 1 unspecified atom stereocenters. The molecular weight excluding hydrogens is 220 g/mol. The fourth-order valence-corrected chi connectivity index (χ4v) is 1.62. The number of nitrogens with two attached hydrogens (primary N) is 1. The van der Waals surface area contributed by atoms with Crippen molar-refractivity contribution in [2.24, 2.45) is 5.73 Å². The number of aromatic amines is 1. The molecule has 2 aromatic rings. The topological polar surface area (TPSA) is 79.1 Å². The van der Waals surface area contributed by atoms with Crippen molar-refractivity contribution in [3.05, 3.63) is 36.0 Å². The molecule has 0 amide bonds. The molecule has 0 bridgehead atoms. The van der Waals surface area contributed by atoms with Gasteiger partial charge in [0, 0.05) is 23.5 Å². The molecule has 0 aliphatic heterocycles. The predicted molar refractivity (Wildman–Crippen MR) is 68.9 cm³/mol. The summed E-state index contributed by atoms with van der Waals surface area (Å²) < 4.78 is 0. The van der Waals surface area contributed by atoms with Gasteiger partial charge in [0.05, 0.1) is 0 Å². The Kier molecular flexibility index (Phi) is 3.86. The van der Waals surface area contributed by atoms with Crippen LogP contribution in [0.1, 0.15) is 5.56 Å². The zero-order chi connectivity index (χ0) is 10.8. The van der Waals surface area contributed by atoms with Crippen LogP contribution in [-0.4, -0.2) is 33.1 Å². The Balaban J connectivity index is 0.00000128. The molecule has 16 heavy (non-hydrogen) atoms. The van der Waals surface area contributed by atoms with Gasteiger partial charge in [-0.1, -0.05) is 18.2 Å². The average molecular weight is 236 g/mol. The second kappa shape index (κ2) is 4.96. The van der Waals surface area contributed by atoms with E-state index in [1.165, 1.54) is 0 Å². The van der Waals surface area contributed by atoms with Gasteiger partial charge < -0.3 is 15.8 Å². The van der Waals surface area contributed by atoms with Gasteiger partial charge in [-0.25, -0.2) is 0 Å². The van der Waals surface area contributed by atoms with Crippen LogP contribution in [0, 0.1) is 0 Å². The van der Waals surface area contributed by atoms with E-state index in [2.05, 4.69) is 4.98 Å². The summed E-state index contributed by atoms with van der Waals surface area (Å²) >= 11 is 0. The zero-order valence-electron chi connectivity index (χ0n) is 8.10. The van der Waals surface area contributed by atoms with Crippen LogP contribution in [0.5, 0.6) is 0 Å². The molecule has 0 aliphatic carbocycles. The number of rotatable bonds is 3. The maximum Gasteiger partial charge on any atom is 0.320 e. The first-order valence-corrected chi connectivity index (χ1v) is 4.72. The molecule has 0 aliphatic rings. The van der Waals surface area contributed by atoms with Crippen LogP contribution in [0.4, 0.5) is 0 Å². The van der Waals surface area contributed by atoms with Gasteiger partial charge in [0.2, 0.25) is 0 Å². The third kappa shape index (κ3) is 2.32. The third-order valence-corrected chi connectivity index (χ3v) is 2.43. The number of hydrogen-bond donors (Lipinski definition) is 3. The first-order chi connectivity index (χ1) is 7.18. The molecule has 0 radical (unpaired) electrons. The number of para-hydroxylation sites is 1. The average Bonchev–Trinajstić information content (AvgIpc) is 2.62. The maximum absolute atomic E-state index is 10.6. The van der Waals surface area contributed by atoms with E-state index in [1.807, 2.05) is 30.5 Å². The molecule has 86 valence electrons. The highest BCUT2D eigenvalue weighted by Gasteiger charge is 2.14. The lowest BCUT2D eigenvalue weighted by molar-refractivity contribution is -0.138. The van der Waals surface area contributed by atoms with Crippen molar-refractivity contribution in [1.82, 2.24) is 4.98 Å². The van der Waals surface area contributed by atoms with Crippen molar-refractivity contribution in [2.75, 3.05) is 0 Å². The number of aromatic nitrogens is 1. The largest absolute Gasteiger partial charge is 0.480 e. The number of carboxylic acids is 1. The Morgan fingerprint density at radius 3 is 2.81 bits per heavy atom. The standard InChI is InChI=1S/C11H12N2O2.H4Si/c12-9(11(14)15)5-7-6-13-10-4-2-1-3-8(7)10;/h1-4,6,9,13H,5,12H2,(H,14,15);1H4. The highest BCUT2D eigenvalue weighted by atomic mass is 28.1. The molecule has 1 aromatic carbocycles. The Bertz CT molecular complexity index is 495. The lowest BCUT2D eigenvalue weighted by atomic mass is 10.1. The highest BCUT2D eigenvalue weighted by molar-refractivity contribution is 5.84. The van der Waals surface area contributed by atoms with Crippen molar-refractivity contribution in [2.45, 2.75) is 12.5 Å². The van der Waals surface area contributed by atoms with Crippen LogP contribution in [0.15, 0.2) is 30.5 Å². The fourth-order valence-electron chi connectivity index (χ4n) is 1.62. The van der Waals surface area contributed by atoms with E-state index >= 15 is 0 Å². The number of hydrogen-bond acceptors (Lipinski definition) is 2. The van der Waals surface area contributed by atoms with Gasteiger partial charge in [0.25, 0.3) is 0 Å². The molecule has 1 atom stereocenters. The Morgan fingerprint density at radius 2 is 2.12 bits per heavy atom. The number of aliphatic carboxylic acids is 1. The van der Waals surface area contributed by atoms with Crippen molar-refractivity contribution < 1.29 is 9.90 Å². The third-order valence-electron chi connectivity index (χ3n) is 2.43. The summed E-state index contributed by atoms with van der Waals surface area (Å²) in [6.07, 6.45) is 2.16. The minimum Gasteiger partial charge on any atom is -0.480 e. The van der Waals surface area contributed by atoms with Gasteiger partial charge in [-0.2, -0.15) is 0 Å². The molecular formula is C11H16N2O2Si. The second-order valence-electron chi connectivity index (χ2n) is 3.51. The van der Waals surface area contributed by atoms with Crippen LogP contribution >= 0.6 is 0 Å². The van der Waals surface area contributed by atoms with E-state index < -0.39 is 12.0 Å². The summed E-state index contributed by atoms with van der Waals surface area (Å²) in [5.41, 5.74) is 7.43. The Labute approximate surface area is 97.5 Å². The van der Waals surface area contributed by atoms with E-state index in [0.717, 1.165) is 16.5 Å². The summed E-state index contributed by atoms with van der Waals surface area (Å²) in [7, 11) is 0.